The normalized spacial score (nSPS) is 11.0. The van der Waals surface area contributed by atoms with Gasteiger partial charge in [0.05, 0.1) is 6.07 Å². The molecule has 2 rings (SSSR count). The highest BCUT2D eigenvalue weighted by atomic mass is 127. The van der Waals surface area contributed by atoms with Crippen LogP contribution in [0.2, 0.25) is 0 Å². The molecule has 52 valence electrons. The van der Waals surface area contributed by atoms with Gasteiger partial charge in [-0.2, -0.15) is 2.78 Å². The van der Waals surface area contributed by atoms with Gasteiger partial charge in [0, 0.05) is 13.2 Å². The summed E-state index contributed by atoms with van der Waals surface area (Å²) in [5.41, 5.74) is 1.20. The highest BCUT2D eigenvalue weighted by Crippen LogP contribution is 1.98. The Morgan fingerprint density at radius 3 is 3.00 bits per heavy atom. The monoisotopic (exact) mass is 248 g/mol. The fourth-order valence-corrected chi connectivity index (χ4v) is 1.56. The molecule has 0 atom stereocenters. The number of halogens is 1. The zero-order chi connectivity index (χ0) is 7.14. The minimum atomic E-state index is 1.20. The van der Waals surface area contributed by atoms with Crippen molar-refractivity contribution in [2.75, 3.05) is 0 Å². The SMILES string of the molecule is Cn1ccc2n1cc[n+]2I. The van der Waals surface area contributed by atoms with Crippen LogP contribution in [-0.2, 0) is 7.05 Å². The van der Waals surface area contributed by atoms with Crippen LogP contribution in [0.4, 0.5) is 0 Å². The van der Waals surface area contributed by atoms with Crippen molar-refractivity contribution in [2.45, 2.75) is 0 Å². The smallest absolute Gasteiger partial charge is 0.221 e. The number of hydrogen-bond acceptors (Lipinski definition) is 0. The van der Waals surface area contributed by atoms with Crippen molar-refractivity contribution in [3.05, 3.63) is 24.7 Å². The number of fused-ring (bicyclic) bond motifs is 1. The fraction of sp³-hybridized carbons (Fsp3) is 0.167. The molecule has 0 aliphatic heterocycles. The molecule has 0 saturated heterocycles. The maximum atomic E-state index is 2.25. The summed E-state index contributed by atoms with van der Waals surface area (Å²) in [5.74, 6) is 0. The average Bonchev–Trinajstić information content (AvgIpc) is 2.41. The predicted molar refractivity (Wildman–Crippen MR) is 46.0 cm³/mol. The van der Waals surface area contributed by atoms with Crippen molar-refractivity contribution in [3.63, 3.8) is 0 Å². The molecule has 2 aromatic rings. The van der Waals surface area contributed by atoms with Crippen LogP contribution in [0.5, 0.6) is 0 Å². The van der Waals surface area contributed by atoms with Gasteiger partial charge >= 0.3 is 5.65 Å². The Labute approximate surface area is 72.3 Å². The third-order valence-corrected chi connectivity index (χ3v) is 2.39. The lowest BCUT2D eigenvalue weighted by Crippen LogP contribution is -2.14. The molecule has 0 fully saturated rings. The first-order valence-electron chi connectivity index (χ1n) is 2.99. The summed E-state index contributed by atoms with van der Waals surface area (Å²) >= 11 is 2.25. The molecule has 0 unspecified atom stereocenters. The molecule has 3 nitrogen and oxygen atoms in total. The van der Waals surface area contributed by atoms with E-state index in [4.69, 9.17) is 0 Å². The molecule has 4 heteroatoms. The van der Waals surface area contributed by atoms with Gasteiger partial charge in [-0.05, 0) is 0 Å². The van der Waals surface area contributed by atoms with E-state index < -0.39 is 0 Å². The summed E-state index contributed by atoms with van der Waals surface area (Å²) < 4.78 is 6.16. The summed E-state index contributed by atoms with van der Waals surface area (Å²) in [6, 6.07) is 2.08. The van der Waals surface area contributed by atoms with Crippen LogP contribution >= 0.6 is 22.9 Å². The van der Waals surface area contributed by atoms with Crippen LogP contribution in [0.25, 0.3) is 5.65 Å². The van der Waals surface area contributed by atoms with E-state index in [1.165, 1.54) is 5.65 Å². The Morgan fingerprint density at radius 2 is 2.30 bits per heavy atom. The van der Waals surface area contributed by atoms with Gasteiger partial charge < -0.3 is 0 Å². The van der Waals surface area contributed by atoms with Gasteiger partial charge in [-0.3, -0.25) is 0 Å². The van der Waals surface area contributed by atoms with Crippen LogP contribution in [-0.4, -0.2) is 9.20 Å². The van der Waals surface area contributed by atoms with Gasteiger partial charge in [0.15, 0.2) is 6.20 Å². The van der Waals surface area contributed by atoms with Gasteiger partial charge in [-0.15, -0.1) is 4.52 Å². The maximum Gasteiger partial charge on any atom is 0.315 e. The first-order chi connectivity index (χ1) is 4.79. The number of aromatic nitrogens is 3. The second-order valence-corrected chi connectivity index (χ2v) is 3.24. The highest BCUT2D eigenvalue weighted by Gasteiger charge is 2.08. The van der Waals surface area contributed by atoms with Crippen molar-refractivity contribution in [1.29, 1.82) is 0 Å². The molecule has 0 aliphatic rings. The number of nitrogens with zero attached hydrogens (tertiary/aromatic N) is 3. The molecular weight excluding hydrogens is 241 g/mol. The molecule has 0 aliphatic carbocycles. The molecule has 0 aromatic carbocycles. The Balaban J connectivity index is 2.95. The van der Waals surface area contributed by atoms with Crippen molar-refractivity contribution in [2.24, 2.45) is 7.05 Å². The lowest BCUT2D eigenvalue weighted by Gasteiger charge is -1.82. The lowest BCUT2D eigenvalue weighted by atomic mass is 10.7. The van der Waals surface area contributed by atoms with Gasteiger partial charge in [0.25, 0.3) is 0 Å². The first-order valence-corrected chi connectivity index (χ1v) is 3.96. The van der Waals surface area contributed by atoms with Crippen molar-refractivity contribution in [3.8, 4) is 0 Å². The third-order valence-electron chi connectivity index (χ3n) is 1.57. The zero-order valence-electron chi connectivity index (χ0n) is 5.53. The second-order valence-electron chi connectivity index (χ2n) is 2.20. The molecular formula is C6H7IN3+. The van der Waals surface area contributed by atoms with E-state index in [0.717, 1.165) is 0 Å². The van der Waals surface area contributed by atoms with Gasteiger partial charge in [-0.1, -0.05) is 0 Å². The van der Waals surface area contributed by atoms with Gasteiger partial charge in [0.2, 0.25) is 22.9 Å². The molecule has 0 spiro atoms. The maximum absolute atomic E-state index is 2.25. The van der Waals surface area contributed by atoms with E-state index in [1.807, 2.05) is 30.3 Å². The van der Waals surface area contributed by atoms with Crippen molar-refractivity contribution in [1.82, 2.24) is 9.20 Å². The quantitative estimate of drug-likeness (QED) is 0.611. The third kappa shape index (κ3) is 0.681. The molecule has 2 heterocycles. The van der Waals surface area contributed by atoms with Gasteiger partial charge in [-0.25, -0.2) is 4.68 Å². The Kier molecular flexibility index (Phi) is 1.23. The Hall–Kier alpha value is -0.520. The van der Waals surface area contributed by atoms with E-state index in [0.29, 0.717) is 0 Å². The molecule has 10 heavy (non-hydrogen) atoms. The second kappa shape index (κ2) is 1.98. The van der Waals surface area contributed by atoms with E-state index in [1.54, 1.807) is 0 Å². The lowest BCUT2D eigenvalue weighted by molar-refractivity contribution is -0.407. The highest BCUT2D eigenvalue weighted by molar-refractivity contribution is 14.1. The largest absolute Gasteiger partial charge is 0.315 e. The summed E-state index contributed by atoms with van der Waals surface area (Å²) in [5, 5.41) is 0. The molecule has 0 radical (unpaired) electrons. The van der Waals surface area contributed by atoms with Crippen LogP contribution in [0.3, 0.4) is 0 Å². The van der Waals surface area contributed by atoms with E-state index in [9.17, 15) is 0 Å². The molecule has 0 N–H and O–H groups in total. The number of hydrogen-bond donors (Lipinski definition) is 0. The summed E-state index contributed by atoms with van der Waals surface area (Å²) in [6.07, 6.45) is 6.09. The minimum absolute atomic E-state index is 1.20. The fourth-order valence-electron chi connectivity index (χ4n) is 1.03. The number of aryl methyl sites for hydroxylation is 1. The topological polar surface area (TPSA) is 13.2 Å². The zero-order valence-corrected chi connectivity index (χ0v) is 7.69. The Morgan fingerprint density at radius 1 is 1.50 bits per heavy atom. The number of imidazole rings is 1. The van der Waals surface area contributed by atoms with Crippen molar-refractivity contribution < 1.29 is 2.78 Å². The molecule has 0 bridgehead atoms. The summed E-state index contributed by atoms with van der Waals surface area (Å²) in [4.78, 5) is 0. The van der Waals surface area contributed by atoms with Crippen LogP contribution < -0.4 is 2.78 Å². The van der Waals surface area contributed by atoms with E-state index in [2.05, 4.69) is 36.2 Å². The Bertz CT molecular complexity index is 324. The predicted octanol–water partition coefficient (Wildman–Crippen LogP) is 0.763. The molecule has 0 saturated carbocycles. The standard InChI is InChI=1S/C6H7IN3/c1-8-3-2-6-9(7)4-5-10(6)8/h2-5H,1H3/q+1. The van der Waals surface area contributed by atoms with Crippen molar-refractivity contribution >= 4 is 28.5 Å². The van der Waals surface area contributed by atoms with Crippen LogP contribution in [0.15, 0.2) is 24.7 Å². The molecule has 2 aromatic heterocycles. The summed E-state index contributed by atoms with van der Waals surface area (Å²) in [6.45, 7) is 0. The summed E-state index contributed by atoms with van der Waals surface area (Å²) in [7, 11) is 2.02. The molecule has 0 amide bonds. The average molecular weight is 248 g/mol. The minimum Gasteiger partial charge on any atom is -0.221 e. The van der Waals surface area contributed by atoms with Crippen LogP contribution in [0, 0.1) is 0 Å². The van der Waals surface area contributed by atoms with E-state index >= 15 is 0 Å². The number of rotatable bonds is 0. The first kappa shape index (κ1) is 6.21. The van der Waals surface area contributed by atoms with Gasteiger partial charge in [0.1, 0.15) is 6.20 Å². The van der Waals surface area contributed by atoms with Crippen LogP contribution in [0.1, 0.15) is 0 Å². The van der Waals surface area contributed by atoms with E-state index in [-0.39, 0.29) is 0 Å².